The highest BCUT2D eigenvalue weighted by molar-refractivity contribution is 7.92. The van der Waals surface area contributed by atoms with Gasteiger partial charge in [-0.15, -0.1) is 0 Å². The van der Waals surface area contributed by atoms with Crippen molar-refractivity contribution in [2.24, 2.45) is 0 Å². The van der Waals surface area contributed by atoms with Crippen molar-refractivity contribution in [3.63, 3.8) is 0 Å². The van der Waals surface area contributed by atoms with Crippen molar-refractivity contribution in [2.75, 3.05) is 29.4 Å². The lowest BCUT2D eigenvalue weighted by Crippen LogP contribution is -2.29. The van der Waals surface area contributed by atoms with Crippen LogP contribution < -0.4 is 19.1 Å². The van der Waals surface area contributed by atoms with Crippen LogP contribution in [0.2, 0.25) is 0 Å². The first-order valence-electron chi connectivity index (χ1n) is 10.7. The maximum Gasteiger partial charge on any atom is 0.264 e. The molecule has 6 rings (SSSR count). The average Bonchev–Trinajstić information content (AvgIpc) is 3.46. The molecule has 172 valence electrons. The molecule has 0 spiro atoms. The van der Waals surface area contributed by atoms with Crippen molar-refractivity contribution in [1.82, 2.24) is 4.98 Å². The molecular formula is C24H19N3O5S2. The number of hydrogen-bond donors (Lipinski definition) is 1. The molecule has 3 heterocycles. The van der Waals surface area contributed by atoms with Gasteiger partial charge in [0.2, 0.25) is 0 Å². The molecule has 1 N–H and O–H groups in total. The number of benzene rings is 3. The Morgan fingerprint density at radius 1 is 1.00 bits per heavy atom. The smallest absolute Gasteiger partial charge is 0.264 e. The fourth-order valence-electron chi connectivity index (χ4n) is 4.15. The van der Waals surface area contributed by atoms with Gasteiger partial charge in [0.05, 0.1) is 20.8 Å². The Labute approximate surface area is 199 Å². The van der Waals surface area contributed by atoms with Gasteiger partial charge < -0.3 is 9.47 Å². The van der Waals surface area contributed by atoms with E-state index in [0.717, 1.165) is 10.3 Å². The van der Waals surface area contributed by atoms with Gasteiger partial charge >= 0.3 is 0 Å². The van der Waals surface area contributed by atoms with Crippen LogP contribution in [0.3, 0.4) is 0 Å². The summed E-state index contributed by atoms with van der Waals surface area (Å²) in [5, 5.41) is 3.23. The molecule has 4 aromatic rings. The van der Waals surface area contributed by atoms with Gasteiger partial charge in [-0.05, 0) is 42.3 Å². The summed E-state index contributed by atoms with van der Waals surface area (Å²) in [7, 11) is -3.71. The third-order valence-electron chi connectivity index (χ3n) is 5.82. The third-order valence-corrected chi connectivity index (χ3v) is 8.58. The molecule has 2 aliphatic rings. The first kappa shape index (κ1) is 20.9. The Bertz CT molecular complexity index is 1490. The number of hydrogen-bond acceptors (Lipinski definition) is 7. The Kier molecular flexibility index (Phi) is 4.93. The molecule has 8 nitrogen and oxygen atoms in total. The SMILES string of the molecule is O=C(Nc1nc2cc3c(cc2s1)OCCO3)c1ccc(S(=O)(=O)N2CCc3ccccc32)cc1. The number of para-hydroxylation sites is 1. The molecule has 0 aliphatic carbocycles. The van der Waals surface area contributed by atoms with E-state index in [0.29, 0.717) is 59.6 Å². The normalized spacial score (nSPS) is 14.8. The van der Waals surface area contributed by atoms with Crippen LogP contribution in [0.5, 0.6) is 11.5 Å². The van der Waals surface area contributed by atoms with Crippen molar-refractivity contribution < 1.29 is 22.7 Å². The first-order chi connectivity index (χ1) is 16.5. The maximum absolute atomic E-state index is 13.2. The number of nitrogens with one attached hydrogen (secondary N) is 1. The number of carbonyl (C=O) groups is 1. The molecule has 2 aliphatic heterocycles. The Balaban J connectivity index is 1.21. The van der Waals surface area contributed by atoms with E-state index in [1.54, 1.807) is 6.07 Å². The number of thiazole rings is 1. The lowest BCUT2D eigenvalue weighted by atomic mass is 10.2. The van der Waals surface area contributed by atoms with E-state index in [4.69, 9.17) is 9.47 Å². The van der Waals surface area contributed by atoms with Gasteiger partial charge in [0.25, 0.3) is 15.9 Å². The van der Waals surface area contributed by atoms with Gasteiger partial charge in [-0.2, -0.15) is 0 Å². The summed E-state index contributed by atoms with van der Waals surface area (Å²) >= 11 is 1.33. The number of sulfonamides is 1. The number of anilines is 2. The van der Waals surface area contributed by atoms with Crippen LogP contribution in [0.15, 0.2) is 65.6 Å². The number of nitrogens with zero attached hydrogens (tertiary/aromatic N) is 2. The number of fused-ring (bicyclic) bond motifs is 3. The summed E-state index contributed by atoms with van der Waals surface area (Å²) < 4.78 is 39.8. The molecule has 0 saturated heterocycles. The van der Waals surface area contributed by atoms with Crippen molar-refractivity contribution in [2.45, 2.75) is 11.3 Å². The minimum atomic E-state index is -3.71. The van der Waals surface area contributed by atoms with Crippen LogP contribution in [0, 0.1) is 0 Å². The summed E-state index contributed by atoms with van der Waals surface area (Å²) in [4.78, 5) is 17.4. The lowest BCUT2D eigenvalue weighted by molar-refractivity contribution is 0.102. The molecule has 0 atom stereocenters. The summed E-state index contributed by atoms with van der Waals surface area (Å²) in [6.45, 7) is 1.39. The summed E-state index contributed by atoms with van der Waals surface area (Å²) in [6.07, 6.45) is 0.680. The lowest BCUT2D eigenvalue weighted by Gasteiger charge is -2.19. The van der Waals surface area contributed by atoms with Gasteiger partial charge in [-0.25, -0.2) is 13.4 Å². The molecule has 10 heteroatoms. The minimum Gasteiger partial charge on any atom is -0.486 e. The standard InChI is InChI=1S/C24H19N3O5S2/c28-23(26-24-25-18-13-20-21(14-22(18)33-24)32-12-11-31-20)16-5-7-17(8-6-16)34(29,30)27-10-9-15-3-1-2-4-19(15)27/h1-8,13-14H,9-12H2,(H,25,26,28). The number of rotatable bonds is 4. The van der Waals surface area contributed by atoms with Crippen LogP contribution >= 0.6 is 11.3 Å². The molecule has 0 fully saturated rings. The number of aromatic nitrogens is 1. The summed E-state index contributed by atoms with van der Waals surface area (Å²) in [6, 6.07) is 17.1. The van der Waals surface area contributed by atoms with Gasteiger partial charge in [0.15, 0.2) is 16.6 Å². The van der Waals surface area contributed by atoms with Crippen molar-refractivity contribution >= 4 is 48.3 Å². The van der Waals surface area contributed by atoms with Gasteiger partial charge in [0.1, 0.15) is 13.2 Å². The second-order valence-electron chi connectivity index (χ2n) is 7.92. The maximum atomic E-state index is 13.2. The predicted molar refractivity (Wildman–Crippen MR) is 130 cm³/mol. The van der Waals surface area contributed by atoms with Crippen molar-refractivity contribution in [3.05, 3.63) is 71.8 Å². The molecule has 1 aromatic heterocycles. The highest BCUT2D eigenvalue weighted by Gasteiger charge is 2.30. The van der Waals surface area contributed by atoms with Crippen molar-refractivity contribution in [3.8, 4) is 11.5 Å². The minimum absolute atomic E-state index is 0.145. The van der Waals surface area contributed by atoms with E-state index in [-0.39, 0.29) is 10.8 Å². The molecule has 1 amide bonds. The monoisotopic (exact) mass is 493 g/mol. The van der Waals surface area contributed by atoms with E-state index in [1.165, 1.54) is 39.9 Å². The highest BCUT2D eigenvalue weighted by atomic mass is 32.2. The van der Waals surface area contributed by atoms with Crippen LogP contribution in [-0.4, -0.2) is 39.1 Å². The van der Waals surface area contributed by atoms with Crippen LogP contribution in [0.4, 0.5) is 10.8 Å². The van der Waals surface area contributed by atoms with E-state index in [9.17, 15) is 13.2 Å². The Morgan fingerprint density at radius 2 is 1.74 bits per heavy atom. The first-order valence-corrected chi connectivity index (χ1v) is 13.0. The highest BCUT2D eigenvalue weighted by Crippen LogP contribution is 2.38. The number of amides is 1. The van der Waals surface area contributed by atoms with E-state index in [1.807, 2.05) is 30.3 Å². The summed E-state index contributed by atoms with van der Waals surface area (Å²) in [5.41, 5.74) is 2.76. The Morgan fingerprint density at radius 3 is 2.53 bits per heavy atom. The van der Waals surface area contributed by atoms with E-state index in [2.05, 4.69) is 10.3 Å². The molecule has 0 bridgehead atoms. The van der Waals surface area contributed by atoms with Crippen molar-refractivity contribution in [1.29, 1.82) is 0 Å². The number of carbonyl (C=O) groups excluding carboxylic acids is 1. The van der Waals surface area contributed by atoms with Gasteiger partial charge in [-0.3, -0.25) is 14.4 Å². The van der Waals surface area contributed by atoms with Crippen LogP contribution in [0.25, 0.3) is 10.2 Å². The Hall–Kier alpha value is -3.63. The van der Waals surface area contributed by atoms with Crippen LogP contribution in [-0.2, 0) is 16.4 Å². The summed E-state index contributed by atoms with van der Waals surface area (Å²) in [5.74, 6) is 0.934. The van der Waals surface area contributed by atoms with Gasteiger partial charge in [0, 0.05) is 24.2 Å². The van der Waals surface area contributed by atoms with E-state index < -0.39 is 10.0 Å². The molecule has 3 aromatic carbocycles. The average molecular weight is 494 g/mol. The molecular weight excluding hydrogens is 474 g/mol. The quantitative estimate of drug-likeness (QED) is 0.460. The van der Waals surface area contributed by atoms with E-state index >= 15 is 0 Å². The topological polar surface area (TPSA) is 97.8 Å². The zero-order valence-corrected chi connectivity index (χ0v) is 19.5. The molecule has 34 heavy (non-hydrogen) atoms. The molecule has 0 unspecified atom stereocenters. The fraction of sp³-hybridized carbons (Fsp3) is 0.167. The van der Waals surface area contributed by atoms with Crippen LogP contribution in [0.1, 0.15) is 15.9 Å². The second-order valence-corrected chi connectivity index (χ2v) is 10.8. The fourth-order valence-corrected chi connectivity index (χ4v) is 6.53. The predicted octanol–water partition coefficient (Wildman–Crippen LogP) is 4.07. The zero-order chi connectivity index (χ0) is 23.3. The zero-order valence-electron chi connectivity index (χ0n) is 17.9. The largest absolute Gasteiger partial charge is 0.486 e. The second kappa shape index (κ2) is 8.00. The molecule has 0 saturated carbocycles. The third kappa shape index (κ3) is 3.55. The van der Waals surface area contributed by atoms with Gasteiger partial charge in [-0.1, -0.05) is 29.5 Å². The molecule has 0 radical (unpaired) electrons. The number of ether oxygens (including phenoxy) is 2.